The minimum absolute atomic E-state index is 0.0311. The second kappa shape index (κ2) is 11.8. The Kier molecular flexibility index (Phi) is 9.32. The lowest BCUT2D eigenvalue weighted by Gasteiger charge is -2.45. The van der Waals surface area contributed by atoms with Gasteiger partial charge in [0.1, 0.15) is 7.11 Å². The number of fused-ring (bicyclic) bond motifs is 1. The van der Waals surface area contributed by atoms with Crippen molar-refractivity contribution in [3.8, 4) is 0 Å². The summed E-state index contributed by atoms with van der Waals surface area (Å²) in [6.07, 6.45) is 3.87. The van der Waals surface area contributed by atoms with Crippen LogP contribution in [-0.4, -0.2) is 93.6 Å². The van der Waals surface area contributed by atoms with Gasteiger partial charge >= 0.3 is 0 Å². The number of allylic oxidation sites excluding steroid dienone is 1. The molecule has 1 aromatic rings. The molecule has 3 amide bonds. The normalized spacial score (nSPS) is 17.9. The molecule has 190 valence electrons. The van der Waals surface area contributed by atoms with Crippen molar-refractivity contribution in [1.29, 1.82) is 0 Å². The van der Waals surface area contributed by atoms with E-state index in [1.54, 1.807) is 23.9 Å². The topological polar surface area (TPSA) is 220 Å². The third-order valence-electron chi connectivity index (χ3n) is 4.65. The summed E-state index contributed by atoms with van der Waals surface area (Å²) >= 11 is 2.49. The van der Waals surface area contributed by atoms with Crippen molar-refractivity contribution in [2.75, 3.05) is 45.8 Å². The number of likely N-dealkylation sites (N-methyl/N-ethyl adjacent to an activating group) is 1. The Labute approximate surface area is 209 Å². The summed E-state index contributed by atoms with van der Waals surface area (Å²) in [6, 6.07) is 0. The first-order valence-electron chi connectivity index (χ1n) is 10.0. The van der Waals surface area contributed by atoms with Crippen LogP contribution in [0, 0.1) is 0 Å². The maximum Gasteiger partial charge on any atom is 0.274 e. The minimum Gasteiger partial charge on any atom is -0.543 e. The highest BCUT2D eigenvalue weighted by Gasteiger charge is 2.42. The fourth-order valence-electron chi connectivity index (χ4n) is 3.14. The number of nitrogen functional groups attached to an aromatic ring is 1. The lowest BCUT2D eigenvalue weighted by atomic mass is 10.1. The fraction of sp³-hybridized carbons (Fsp3) is 0.421. The second-order valence-corrected chi connectivity index (χ2v) is 9.93. The van der Waals surface area contributed by atoms with E-state index in [1.165, 1.54) is 12.0 Å². The van der Waals surface area contributed by atoms with Crippen LogP contribution < -0.4 is 22.3 Å². The smallest absolute Gasteiger partial charge is 0.274 e. The van der Waals surface area contributed by atoms with E-state index in [0.717, 1.165) is 11.5 Å². The summed E-state index contributed by atoms with van der Waals surface area (Å²) in [5.41, 5.74) is 15.9. The van der Waals surface area contributed by atoms with E-state index in [0.29, 0.717) is 28.8 Å². The zero-order valence-corrected chi connectivity index (χ0v) is 20.9. The Morgan fingerprint density at radius 2 is 2.03 bits per heavy atom. The SMILES string of the molecule is CO/N=C(\C(N)=O)c1nsc(N)n1.C[N+](C)(C/C=C/C1=C(C(=O)[O-])N2C(=O)C[C@@H]2SC1)CC(N)=O. The molecule has 0 saturated carbocycles. The highest BCUT2D eigenvalue weighted by atomic mass is 32.2. The Bertz CT molecular complexity index is 1100. The molecule has 3 heterocycles. The standard InChI is InChI=1S/C14H19N3O4S.C5H7N5O2S/c1-17(2,7-10(15)18)5-3-4-9-8-22-12-6-11(19)16(12)13(9)14(20)21;1-12-9-2(3(6)11)4-8-5(7)13-10-4/h3-4,12H,5-8H2,1-2H3,(H2-,15,18,20,21);1H3,(H2,6,11)(H2,7,8,10)/b4-3+;9-2+/t12-;/m0./s1. The number of thioether (sulfide) groups is 1. The van der Waals surface area contributed by atoms with Crippen molar-refractivity contribution in [3.05, 3.63) is 29.2 Å². The summed E-state index contributed by atoms with van der Waals surface area (Å²) in [5.74, 6) is -2.07. The number of anilines is 1. The predicted octanol–water partition coefficient (Wildman–Crippen LogP) is -2.63. The minimum atomic E-state index is -1.33. The van der Waals surface area contributed by atoms with Gasteiger partial charge in [0, 0.05) is 17.3 Å². The van der Waals surface area contributed by atoms with Gasteiger partial charge in [-0.2, -0.15) is 9.36 Å². The molecule has 2 aliphatic rings. The van der Waals surface area contributed by atoms with Crippen molar-refractivity contribution in [2.45, 2.75) is 11.8 Å². The van der Waals surface area contributed by atoms with Crippen molar-refractivity contribution >= 4 is 57.8 Å². The zero-order valence-electron chi connectivity index (χ0n) is 19.3. The number of aromatic nitrogens is 2. The molecule has 2 aliphatic heterocycles. The molecule has 35 heavy (non-hydrogen) atoms. The lowest BCUT2D eigenvalue weighted by molar-refractivity contribution is -0.876. The Hall–Kier alpha value is -3.50. The number of primary amides is 2. The number of hydrogen-bond acceptors (Lipinski definition) is 12. The third-order valence-corrected chi connectivity index (χ3v) is 6.43. The molecule has 0 aromatic carbocycles. The van der Waals surface area contributed by atoms with Crippen LogP contribution in [0.15, 0.2) is 28.6 Å². The molecule has 16 heteroatoms. The number of carbonyl (C=O) groups is 4. The second-order valence-electron chi connectivity index (χ2n) is 7.98. The molecule has 14 nitrogen and oxygen atoms in total. The van der Waals surface area contributed by atoms with Crippen LogP contribution in [0.3, 0.4) is 0 Å². The first kappa shape index (κ1) is 27.7. The number of rotatable bonds is 9. The molecular formula is C19H26N8O6S2. The van der Waals surface area contributed by atoms with Crippen LogP contribution in [-0.2, 0) is 24.0 Å². The largest absolute Gasteiger partial charge is 0.543 e. The van der Waals surface area contributed by atoms with Gasteiger partial charge in [-0.15, -0.1) is 11.8 Å². The van der Waals surface area contributed by atoms with E-state index in [1.807, 2.05) is 14.1 Å². The van der Waals surface area contributed by atoms with Crippen LogP contribution in [0.25, 0.3) is 0 Å². The van der Waals surface area contributed by atoms with E-state index >= 15 is 0 Å². The summed E-state index contributed by atoms with van der Waals surface area (Å²) in [6.45, 7) is 0.715. The van der Waals surface area contributed by atoms with Gasteiger partial charge in [-0.25, -0.2) is 0 Å². The number of quaternary nitrogens is 1. The van der Waals surface area contributed by atoms with Gasteiger partial charge in [-0.05, 0) is 11.6 Å². The molecule has 0 spiro atoms. The predicted molar refractivity (Wildman–Crippen MR) is 127 cm³/mol. The summed E-state index contributed by atoms with van der Waals surface area (Å²) in [5, 5.41) is 14.9. The Balaban J connectivity index is 0.000000283. The van der Waals surface area contributed by atoms with E-state index < -0.39 is 17.8 Å². The highest BCUT2D eigenvalue weighted by Crippen LogP contribution is 2.39. The lowest BCUT2D eigenvalue weighted by Crippen LogP contribution is -2.55. The number of oxime groups is 1. The molecule has 0 bridgehead atoms. The number of carbonyl (C=O) groups excluding carboxylic acids is 4. The molecule has 3 rings (SSSR count). The first-order valence-corrected chi connectivity index (χ1v) is 11.8. The maximum absolute atomic E-state index is 11.6. The average molecular weight is 527 g/mol. The van der Waals surface area contributed by atoms with Gasteiger partial charge in [-0.1, -0.05) is 11.2 Å². The van der Waals surface area contributed by atoms with E-state index in [4.69, 9.17) is 17.2 Å². The monoisotopic (exact) mass is 526 g/mol. The molecule has 0 radical (unpaired) electrons. The molecule has 1 aromatic heterocycles. The molecule has 6 N–H and O–H groups in total. The third kappa shape index (κ3) is 7.49. The molecule has 0 unspecified atom stereocenters. The van der Waals surface area contributed by atoms with Crippen LogP contribution in [0.5, 0.6) is 0 Å². The summed E-state index contributed by atoms with van der Waals surface area (Å²) < 4.78 is 4.12. The van der Waals surface area contributed by atoms with E-state index in [2.05, 4.69) is 19.4 Å². The van der Waals surface area contributed by atoms with Gasteiger partial charge in [0.05, 0.1) is 44.1 Å². The van der Waals surface area contributed by atoms with E-state index in [9.17, 15) is 24.3 Å². The number of aliphatic carboxylic acids is 1. The molecule has 1 atom stereocenters. The molecule has 1 fully saturated rings. The first-order chi connectivity index (χ1) is 16.4. The van der Waals surface area contributed by atoms with Gasteiger partial charge < -0.3 is 36.4 Å². The van der Waals surface area contributed by atoms with Crippen LogP contribution in [0.2, 0.25) is 0 Å². The summed E-state index contributed by atoms with van der Waals surface area (Å²) in [4.78, 5) is 54.1. The van der Waals surface area contributed by atoms with Gasteiger partial charge in [0.15, 0.2) is 11.7 Å². The van der Waals surface area contributed by atoms with Crippen LogP contribution >= 0.6 is 23.3 Å². The number of carboxylic acid groups (broad SMARTS) is 1. The Morgan fingerprint density at radius 3 is 2.51 bits per heavy atom. The van der Waals surface area contributed by atoms with Crippen molar-refractivity contribution in [1.82, 2.24) is 14.3 Å². The van der Waals surface area contributed by atoms with Crippen molar-refractivity contribution < 1.29 is 33.6 Å². The van der Waals surface area contributed by atoms with Gasteiger partial charge in [-0.3, -0.25) is 19.3 Å². The maximum atomic E-state index is 11.6. The van der Waals surface area contributed by atoms with Crippen LogP contribution in [0.4, 0.5) is 5.13 Å². The van der Waals surface area contributed by atoms with Crippen LogP contribution in [0.1, 0.15) is 12.2 Å². The van der Waals surface area contributed by atoms with E-state index in [-0.39, 0.29) is 40.2 Å². The zero-order chi connectivity index (χ0) is 26.3. The van der Waals surface area contributed by atoms with Crippen molar-refractivity contribution in [3.63, 3.8) is 0 Å². The number of nitrogens with two attached hydrogens (primary N) is 3. The number of nitrogens with zero attached hydrogens (tertiary/aromatic N) is 5. The van der Waals surface area contributed by atoms with Gasteiger partial charge in [0.25, 0.3) is 11.8 Å². The average Bonchev–Trinajstić information content (AvgIpc) is 3.16. The fourth-order valence-corrected chi connectivity index (χ4v) is 4.81. The number of carboxylic acids is 1. The summed E-state index contributed by atoms with van der Waals surface area (Å²) in [7, 11) is 5.00. The van der Waals surface area contributed by atoms with Crippen molar-refractivity contribution in [2.24, 2.45) is 16.6 Å². The van der Waals surface area contributed by atoms with Gasteiger partial charge in [0.2, 0.25) is 17.4 Å². The quantitative estimate of drug-likeness (QED) is 0.131. The number of hydrogen-bond donors (Lipinski definition) is 3. The Morgan fingerprint density at radius 1 is 1.34 bits per heavy atom. The molecule has 0 aliphatic carbocycles. The molecule has 1 saturated heterocycles. The number of β-lactam (4-membered cyclic amide) rings is 1. The molecular weight excluding hydrogens is 500 g/mol. The number of amides is 3. The highest BCUT2D eigenvalue weighted by molar-refractivity contribution is 8.00.